The molecule has 1 heterocycles. The predicted octanol–water partition coefficient (Wildman–Crippen LogP) is 1.40. The molecule has 0 saturated heterocycles. The van der Waals surface area contributed by atoms with Crippen molar-refractivity contribution in [2.45, 2.75) is 32.2 Å². The van der Waals surface area contributed by atoms with E-state index < -0.39 is 0 Å². The van der Waals surface area contributed by atoms with Gasteiger partial charge < -0.3 is 10.6 Å². The summed E-state index contributed by atoms with van der Waals surface area (Å²) in [6.45, 7) is 4.00. The van der Waals surface area contributed by atoms with E-state index in [9.17, 15) is 0 Å². The average Bonchev–Trinajstić information content (AvgIpc) is 2.89. The zero-order valence-electron chi connectivity index (χ0n) is 8.42. The highest BCUT2D eigenvalue weighted by molar-refractivity contribution is 7.09. The SMILES string of the molecule is Cc1nsc(NCCCNC2CC2)n1. The predicted molar refractivity (Wildman–Crippen MR) is 58.8 cm³/mol. The Morgan fingerprint density at radius 1 is 1.43 bits per heavy atom. The molecule has 78 valence electrons. The van der Waals surface area contributed by atoms with Gasteiger partial charge in [-0.05, 0) is 32.7 Å². The number of aryl methyl sites for hydroxylation is 1. The highest BCUT2D eigenvalue weighted by Gasteiger charge is 2.19. The number of nitrogens with zero attached hydrogens (tertiary/aromatic N) is 2. The number of hydrogen-bond acceptors (Lipinski definition) is 5. The molecule has 1 aliphatic rings. The summed E-state index contributed by atoms with van der Waals surface area (Å²) in [4.78, 5) is 4.23. The van der Waals surface area contributed by atoms with Crippen molar-refractivity contribution in [3.05, 3.63) is 5.82 Å². The van der Waals surface area contributed by atoms with Crippen molar-refractivity contribution < 1.29 is 0 Å². The van der Waals surface area contributed by atoms with Gasteiger partial charge in [-0.2, -0.15) is 4.37 Å². The van der Waals surface area contributed by atoms with Gasteiger partial charge in [0.05, 0.1) is 0 Å². The molecule has 2 N–H and O–H groups in total. The minimum Gasteiger partial charge on any atom is -0.360 e. The molecule has 1 aromatic rings. The topological polar surface area (TPSA) is 49.8 Å². The summed E-state index contributed by atoms with van der Waals surface area (Å²) in [6, 6.07) is 0.818. The lowest BCUT2D eigenvalue weighted by Gasteiger charge is -2.02. The van der Waals surface area contributed by atoms with Crippen molar-refractivity contribution >= 4 is 16.7 Å². The van der Waals surface area contributed by atoms with E-state index in [1.54, 1.807) is 0 Å². The molecule has 0 radical (unpaired) electrons. The second-order valence-electron chi connectivity index (χ2n) is 3.66. The lowest BCUT2D eigenvalue weighted by Crippen LogP contribution is -2.19. The van der Waals surface area contributed by atoms with Gasteiger partial charge in [-0.25, -0.2) is 4.98 Å². The van der Waals surface area contributed by atoms with E-state index in [4.69, 9.17) is 0 Å². The van der Waals surface area contributed by atoms with Crippen LogP contribution in [0.25, 0.3) is 0 Å². The Bertz CT molecular complexity index is 282. The van der Waals surface area contributed by atoms with Crippen molar-refractivity contribution in [3.63, 3.8) is 0 Å². The second kappa shape index (κ2) is 4.70. The van der Waals surface area contributed by atoms with E-state index >= 15 is 0 Å². The van der Waals surface area contributed by atoms with Crippen LogP contribution in [0.5, 0.6) is 0 Å². The molecule has 0 atom stereocenters. The van der Waals surface area contributed by atoms with Gasteiger partial charge in [0, 0.05) is 24.1 Å². The summed E-state index contributed by atoms with van der Waals surface area (Å²) in [5.41, 5.74) is 0. The Kier molecular flexibility index (Phi) is 3.31. The van der Waals surface area contributed by atoms with Crippen molar-refractivity contribution in [2.75, 3.05) is 18.4 Å². The number of hydrogen-bond donors (Lipinski definition) is 2. The second-order valence-corrected chi connectivity index (χ2v) is 4.41. The molecule has 1 saturated carbocycles. The molecule has 0 spiro atoms. The minimum atomic E-state index is 0.818. The van der Waals surface area contributed by atoms with Crippen molar-refractivity contribution in [2.24, 2.45) is 0 Å². The van der Waals surface area contributed by atoms with E-state index in [2.05, 4.69) is 20.0 Å². The molecule has 4 nitrogen and oxygen atoms in total. The maximum atomic E-state index is 4.23. The van der Waals surface area contributed by atoms with Crippen LogP contribution in [-0.2, 0) is 0 Å². The minimum absolute atomic E-state index is 0.818. The molecule has 2 rings (SSSR count). The highest BCUT2D eigenvalue weighted by atomic mass is 32.1. The van der Waals surface area contributed by atoms with E-state index in [1.807, 2.05) is 6.92 Å². The largest absolute Gasteiger partial charge is 0.360 e. The van der Waals surface area contributed by atoms with Crippen LogP contribution in [0.3, 0.4) is 0 Å². The molecule has 1 aromatic heterocycles. The lowest BCUT2D eigenvalue weighted by molar-refractivity contribution is 0.659. The fourth-order valence-corrected chi connectivity index (χ4v) is 1.85. The standard InChI is InChI=1S/C9H16N4S/c1-7-12-9(14-13-7)11-6-2-5-10-8-3-4-8/h8,10H,2-6H2,1H3,(H,11,12,13). The summed E-state index contributed by atoms with van der Waals surface area (Å²) in [6.07, 6.45) is 3.88. The average molecular weight is 212 g/mol. The van der Waals surface area contributed by atoms with Gasteiger partial charge in [-0.1, -0.05) is 0 Å². The molecule has 0 bridgehead atoms. The smallest absolute Gasteiger partial charge is 0.202 e. The Hall–Kier alpha value is -0.680. The quantitative estimate of drug-likeness (QED) is 0.700. The first kappa shape index (κ1) is 9.86. The van der Waals surface area contributed by atoms with Crippen LogP contribution < -0.4 is 10.6 Å². The molecule has 0 amide bonds. The molecule has 0 aliphatic heterocycles. The van der Waals surface area contributed by atoms with Gasteiger partial charge in [0.15, 0.2) is 0 Å². The molecule has 0 aromatic carbocycles. The van der Waals surface area contributed by atoms with Crippen LogP contribution in [0.4, 0.5) is 5.13 Å². The van der Waals surface area contributed by atoms with E-state index in [-0.39, 0.29) is 0 Å². The van der Waals surface area contributed by atoms with Gasteiger partial charge in [0.25, 0.3) is 0 Å². The maximum Gasteiger partial charge on any atom is 0.202 e. The zero-order valence-corrected chi connectivity index (χ0v) is 9.23. The Morgan fingerprint density at radius 3 is 2.93 bits per heavy atom. The van der Waals surface area contributed by atoms with Crippen LogP contribution in [0.15, 0.2) is 0 Å². The molecular formula is C9H16N4S. The summed E-state index contributed by atoms with van der Waals surface area (Å²) in [5, 5.41) is 7.68. The van der Waals surface area contributed by atoms with Gasteiger partial charge in [0.1, 0.15) is 5.82 Å². The number of nitrogens with one attached hydrogen (secondary N) is 2. The van der Waals surface area contributed by atoms with Gasteiger partial charge in [-0.3, -0.25) is 0 Å². The summed E-state index contributed by atoms with van der Waals surface area (Å²) in [7, 11) is 0. The molecule has 1 fully saturated rings. The number of rotatable bonds is 6. The Labute approximate surface area is 88.3 Å². The van der Waals surface area contributed by atoms with E-state index in [1.165, 1.54) is 24.4 Å². The highest BCUT2D eigenvalue weighted by Crippen LogP contribution is 2.18. The van der Waals surface area contributed by atoms with Crippen LogP contribution >= 0.6 is 11.5 Å². The fraction of sp³-hybridized carbons (Fsp3) is 0.778. The molecule has 0 unspecified atom stereocenters. The first-order valence-electron chi connectivity index (χ1n) is 5.12. The first-order chi connectivity index (χ1) is 6.84. The fourth-order valence-electron chi connectivity index (χ4n) is 1.25. The lowest BCUT2D eigenvalue weighted by atomic mass is 10.4. The van der Waals surface area contributed by atoms with Crippen LogP contribution in [-0.4, -0.2) is 28.5 Å². The van der Waals surface area contributed by atoms with Crippen molar-refractivity contribution in [3.8, 4) is 0 Å². The van der Waals surface area contributed by atoms with E-state index in [0.717, 1.165) is 36.5 Å². The van der Waals surface area contributed by atoms with Crippen molar-refractivity contribution in [1.82, 2.24) is 14.7 Å². The van der Waals surface area contributed by atoms with Crippen molar-refractivity contribution in [1.29, 1.82) is 0 Å². The van der Waals surface area contributed by atoms with Crippen LogP contribution in [0.1, 0.15) is 25.1 Å². The third-order valence-corrected chi connectivity index (χ3v) is 2.93. The zero-order chi connectivity index (χ0) is 9.80. The van der Waals surface area contributed by atoms with Gasteiger partial charge in [-0.15, -0.1) is 0 Å². The summed E-state index contributed by atoms with van der Waals surface area (Å²) >= 11 is 1.43. The third-order valence-electron chi connectivity index (χ3n) is 2.17. The molecular weight excluding hydrogens is 196 g/mol. The van der Waals surface area contributed by atoms with Crippen LogP contribution in [0, 0.1) is 6.92 Å². The van der Waals surface area contributed by atoms with Gasteiger partial charge >= 0.3 is 0 Å². The molecule has 1 aliphatic carbocycles. The third kappa shape index (κ3) is 3.23. The maximum absolute atomic E-state index is 4.23. The number of aromatic nitrogens is 2. The monoisotopic (exact) mass is 212 g/mol. The Morgan fingerprint density at radius 2 is 2.29 bits per heavy atom. The Balaban J connectivity index is 1.53. The van der Waals surface area contributed by atoms with Crippen LogP contribution in [0.2, 0.25) is 0 Å². The van der Waals surface area contributed by atoms with E-state index in [0.29, 0.717) is 0 Å². The summed E-state index contributed by atoms with van der Waals surface area (Å²) in [5.74, 6) is 0.855. The molecule has 5 heteroatoms. The normalized spacial score (nSPS) is 15.8. The molecule has 14 heavy (non-hydrogen) atoms. The summed E-state index contributed by atoms with van der Waals surface area (Å²) < 4.78 is 4.11. The van der Waals surface area contributed by atoms with Gasteiger partial charge in [0.2, 0.25) is 5.13 Å². The first-order valence-corrected chi connectivity index (χ1v) is 5.89. The number of anilines is 1.